The Labute approximate surface area is 165 Å². The lowest BCUT2D eigenvalue weighted by atomic mass is 9.72. The summed E-state index contributed by atoms with van der Waals surface area (Å²) in [4.78, 5) is 11.7. The molecule has 3 aromatic rings. The van der Waals surface area contributed by atoms with Crippen LogP contribution in [0.2, 0.25) is 0 Å². The van der Waals surface area contributed by atoms with E-state index in [0.717, 1.165) is 40.8 Å². The average molecular weight is 382 g/mol. The molecular weight excluding hydrogens is 354 g/mol. The average Bonchev–Trinajstić information content (AvgIpc) is 3.01. The highest BCUT2D eigenvalue weighted by molar-refractivity contribution is 7.19. The van der Waals surface area contributed by atoms with E-state index < -0.39 is 0 Å². The number of nitrogens with one attached hydrogen (secondary N) is 1. The van der Waals surface area contributed by atoms with Crippen LogP contribution in [0.4, 0.5) is 11.5 Å². The normalized spacial score (nSPS) is 17.0. The fourth-order valence-electron chi connectivity index (χ4n) is 3.92. The number of hydrogen-bond donors (Lipinski definition) is 1. The van der Waals surface area contributed by atoms with Gasteiger partial charge in [-0.15, -0.1) is 11.3 Å². The van der Waals surface area contributed by atoms with Crippen molar-refractivity contribution >= 4 is 33.1 Å². The SMILES string of the molecule is CCOc1ccccc1Nc1ncnc2sc3c(c12)CCC(C(C)(C)C)C3. The van der Waals surface area contributed by atoms with Crippen molar-refractivity contribution in [2.24, 2.45) is 11.3 Å². The summed E-state index contributed by atoms with van der Waals surface area (Å²) in [7, 11) is 0. The van der Waals surface area contributed by atoms with Crippen molar-refractivity contribution < 1.29 is 4.74 Å². The van der Waals surface area contributed by atoms with E-state index in [-0.39, 0.29) is 0 Å². The van der Waals surface area contributed by atoms with E-state index in [2.05, 4.69) is 36.1 Å². The number of para-hydroxylation sites is 2. The molecule has 1 N–H and O–H groups in total. The van der Waals surface area contributed by atoms with Gasteiger partial charge in [0.25, 0.3) is 0 Å². The zero-order valence-electron chi connectivity index (χ0n) is 16.5. The first-order chi connectivity index (χ1) is 13.0. The standard InChI is InChI=1S/C22H27N3OS/c1-5-26-17-9-7-6-8-16(17)25-20-19-15-11-10-14(22(2,3)4)12-18(15)27-21(19)24-13-23-20/h6-9,13-14H,5,10-12H2,1-4H3,(H,23,24,25). The van der Waals surface area contributed by atoms with Crippen LogP contribution in [0.25, 0.3) is 10.2 Å². The van der Waals surface area contributed by atoms with Crippen LogP contribution in [0.15, 0.2) is 30.6 Å². The molecule has 0 fully saturated rings. The first-order valence-electron chi connectivity index (χ1n) is 9.71. The maximum atomic E-state index is 5.76. The molecule has 0 bridgehead atoms. The maximum Gasteiger partial charge on any atom is 0.142 e. The molecule has 0 saturated carbocycles. The fraction of sp³-hybridized carbons (Fsp3) is 0.455. The van der Waals surface area contributed by atoms with Gasteiger partial charge in [0, 0.05) is 4.88 Å². The van der Waals surface area contributed by atoms with Gasteiger partial charge >= 0.3 is 0 Å². The smallest absolute Gasteiger partial charge is 0.142 e. The third kappa shape index (κ3) is 3.53. The van der Waals surface area contributed by atoms with Gasteiger partial charge in [-0.05, 0) is 55.2 Å². The van der Waals surface area contributed by atoms with Crippen LogP contribution in [0.3, 0.4) is 0 Å². The van der Waals surface area contributed by atoms with E-state index in [9.17, 15) is 0 Å². The summed E-state index contributed by atoms with van der Waals surface area (Å²) in [5.41, 5.74) is 2.73. The number of nitrogens with zero attached hydrogens (tertiary/aromatic N) is 2. The maximum absolute atomic E-state index is 5.76. The predicted octanol–water partition coefficient (Wildman–Crippen LogP) is 5.98. The van der Waals surface area contributed by atoms with Gasteiger partial charge in [0.1, 0.15) is 22.7 Å². The Morgan fingerprint density at radius 2 is 2.04 bits per heavy atom. The first-order valence-corrected chi connectivity index (χ1v) is 10.5. The summed E-state index contributed by atoms with van der Waals surface area (Å²) in [6.45, 7) is 9.70. The zero-order valence-corrected chi connectivity index (χ0v) is 17.3. The highest BCUT2D eigenvalue weighted by Crippen LogP contribution is 2.44. The molecule has 0 spiro atoms. The third-order valence-electron chi connectivity index (χ3n) is 5.51. The predicted molar refractivity (Wildman–Crippen MR) is 113 cm³/mol. The fourth-order valence-corrected chi connectivity index (χ4v) is 5.19. The van der Waals surface area contributed by atoms with Gasteiger partial charge in [-0.2, -0.15) is 0 Å². The van der Waals surface area contributed by atoms with Crippen LogP contribution >= 0.6 is 11.3 Å². The molecule has 1 aliphatic rings. The van der Waals surface area contributed by atoms with Crippen LogP contribution in [-0.4, -0.2) is 16.6 Å². The van der Waals surface area contributed by atoms with Crippen LogP contribution in [0, 0.1) is 11.3 Å². The Bertz CT molecular complexity index is 958. The molecule has 1 atom stereocenters. The van der Waals surface area contributed by atoms with Crippen LogP contribution in [0.1, 0.15) is 44.6 Å². The molecule has 1 aromatic carbocycles. The van der Waals surface area contributed by atoms with Crippen molar-refractivity contribution in [3.05, 3.63) is 41.0 Å². The molecule has 0 amide bonds. The Balaban J connectivity index is 1.73. The largest absolute Gasteiger partial charge is 0.492 e. The molecule has 2 aromatic heterocycles. The molecular formula is C22H27N3OS. The van der Waals surface area contributed by atoms with Gasteiger partial charge in [0.05, 0.1) is 17.7 Å². The van der Waals surface area contributed by atoms with Crippen molar-refractivity contribution in [2.45, 2.75) is 47.0 Å². The summed E-state index contributed by atoms with van der Waals surface area (Å²) < 4.78 is 5.76. The molecule has 0 saturated heterocycles. The number of benzene rings is 1. The lowest BCUT2D eigenvalue weighted by molar-refractivity contribution is 0.218. The van der Waals surface area contributed by atoms with E-state index in [1.807, 2.05) is 42.5 Å². The summed E-state index contributed by atoms with van der Waals surface area (Å²) in [6.07, 6.45) is 5.14. The molecule has 1 unspecified atom stereocenters. The van der Waals surface area contributed by atoms with Gasteiger partial charge in [-0.25, -0.2) is 9.97 Å². The Morgan fingerprint density at radius 3 is 2.81 bits per heavy atom. The Hall–Kier alpha value is -2.14. The molecule has 0 aliphatic heterocycles. The third-order valence-corrected chi connectivity index (χ3v) is 6.67. The van der Waals surface area contributed by atoms with Crippen LogP contribution in [0.5, 0.6) is 5.75 Å². The lowest BCUT2D eigenvalue weighted by Gasteiger charge is -2.33. The van der Waals surface area contributed by atoms with Gasteiger partial charge in [-0.1, -0.05) is 32.9 Å². The molecule has 1 aliphatic carbocycles. The second-order valence-corrected chi connectivity index (χ2v) is 9.35. The van der Waals surface area contributed by atoms with Gasteiger partial charge < -0.3 is 10.1 Å². The molecule has 4 nitrogen and oxygen atoms in total. The van der Waals surface area contributed by atoms with Crippen molar-refractivity contribution in [3.63, 3.8) is 0 Å². The second-order valence-electron chi connectivity index (χ2n) is 8.27. The number of thiophene rings is 1. The van der Waals surface area contributed by atoms with Crippen molar-refractivity contribution in [1.82, 2.24) is 9.97 Å². The van der Waals surface area contributed by atoms with E-state index in [0.29, 0.717) is 12.0 Å². The number of ether oxygens (including phenoxy) is 1. The summed E-state index contributed by atoms with van der Waals surface area (Å²) in [6, 6.07) is 8.03. The number of hydrogen-bond acceptors (Lipinski definition) is 5. The van der Waals surface area contributed by atoms with Gasteiger partial charge in [0.15, 0.2) is 0 Å². The second kappa shape index (κ2) is 7.12. The monoisotopic (exact) mass is 381 g/mol. The van der Waals surface area contributed by atoms with Crippen molar-refractivity contribution in [3.8, 4) is 5.75 Å². The van der Waals surface area contributed by atoms with Gasteiger partial charge in [-0.3, -0.25) is 0 Å². The number of fused-ring (bicyclic) bond motifs is 3. The number of aromatic nitrogens is 2. The van der Waals surface area contributed by atoms with E-state index in [1.165, 1.54) is 22.2 Å². The summed E-state index contributed by atoms with van der Waals surface area (Å²) in [5.74, 6) is 2.46. The topological polar surface area (TPSA) is 47.0 Å². The van der Waals surface area contributed by atoms with E-state index >= 15 is 0 Å². The summed E-state index contributed by atoms with van der Waals surface area (Å²) in [5, 5.41) is 4.70. The van der Waals surface area contributed by atoms with Crippen LogP contribution < -0.4 is 10.1 Å². The Morgan fingerprint density at radius 1 is 1.22 bits per heavy atom. The number of anilines is 2. The molecule has 5 heteroatoms. The number of rotatable bonds is 4. The highest BCUT2D eigenvalue weighted by atomic mass is 32.1. The minimum Gasteiger partial charge on any atom is -0.492 e. The molecule has 27 heavy (non-hydrogen) atoms. The van der Waals surface area contributed by atoms with Crippen molar-refractivity contribution in [1.29, 1.82) is 0 Å². The first kappa shape index (κ1) is 18.2. The molecule has 0 radical (unpaired) electrons. The molecule has 4 rings (SSSR count). The quantitative estimate of drug-likeness (QED) is 0.603. The molecule has 2 heterocycles. The number of aryl methyl sites for hydroxylation is 1. The lowest BCUT2D eigenvalue weighted by Crippen LogP contribution is -2.26. The highest BCUT2D eigenvalue weighted by Gasteiger charge is 2.31. The van der Waals surface area contributed by atoms with Crippen molar-refractivity contribution in [2.75, 3.05) is 11.9 Å². The minimum absolute atomic E-state index is 0.344. The van der Waals surface area contributed by atoms with Gasteiger partial charge in [0.2, 0.25) is 0 Å². The zero-order chi connectivity index (χ0) is 19.0. The van der Waals surface area contributed by atoms with E-state index in [4.69, 9.17) is 4.74 Å². The summed E-state index contributed by atoms with van der Waals surface area (Å²) >= 11 is 1.84. The minimum atomic E-state index is 0.344. The molecule has 142 valence electrons. The Kier molecular flexibility index (Phi) is 4.81. The van der Waals surface area contributed by atoms with E-state index in [1.54, 1.807) is 6.33 Å². The van der Waals surface area contributed by atoms with Crippen LogP contribution in [-0.2, 0) is 12.8 Å².